The van der Waals surface area contributed by atoms with Gasteiger partial charge < -0.3 is 13.7 Å². The predicted molar refractivity (Wildman–Crippen MR) is 225 cm³/mol. The maximum absolute atomic E-state index is 6.42. The largest absolute Gasteiger partial charge is 0.456 e. The van der Waals surface area contributed by atoms with E-state index in [1.165, 1.54) is 31.3 Å². The summed E-state index contributed by atoms with van der Waals surface area (Å²) in [4.78, 5) is 7.20. The molecule has 0 spiro atoms. The standard InChI is InChI=1S/C49H30N2O2S/c1-3-11-32(12-4-1)37-15-7-9-17-42(37)51(36-24-25-39-38-16-8-10-18-45(38)54-46(39)30-36)35-22-19-31(20-23-35)34-21-27-43-40(29-34)47-44(52-43)28-26-41-48(47)53-49(50-41)33-13-5-2-6-14-33/h1-30H. The van der Waals surface area contributed by atoms with Crippen LogP contribution in [0.5, 0.6) is 0 Å². The molecule has 0 atom stereocenters. The summed E-state index contributed by atoms with van der Waals surface area (Å²) in [7, 11) is 0. The number of para-hydroxylation sites is 1. The summed E-state index contributed by atoms with van der Waals surface area (Å²) in [6, 6.07) is 64.1. The van der Waals surface area contributed by atoms with Crippen LogP contribution >= 0.6 is 11.3 Å². The van der Waals surface area contributed by atoms with E-state index in [9.17, 15) is 0 Å². The topological polar surface area (TPSA) is 42.4 Å². The average Bonchev–Trinajstić information content (AvgIpc) is 3.95. The third-order valence-corrected chi connectivity index (χ3v) is 11.5. The van der Waals surface area contributed by atoms with Crippen molar-refractivity contribution in [1.29, 1.82) is 0 Å². The summed E-state index contributed by atoms with van der Waals surface area (Å²) in [5.41, 5.74) is 12.0. The average molecular weight is 711 g/mol. The maximum atomic E-state index is 6.42. The molecule has 54 heavy (non-hydrogen) atoms. The van der Waals surface area contributed by atoms with Crippen molar-refractivity contribution in [1.82, 2.24) is 4.98 Å². The van der Waals surface area contributed by atoms with Gasteiger partial charge in [-0.05, 0) is 89.5 Å². The molecule has 0 aliphatic heterocycles. The fraction of sp³-hybridized carbons (Fsp3) is 0. The summed E-state index contributed by atoms with van der Waals surface area (Å²) in [5.74, 6) is 0.601. The predicted octanol–water partition coefficient (Wildman–Crippen LogP) is 14.6. The van der Waals surface area contributed by atoms with Gasteiger partial charge in [-0.25, -0.2) is 4.98 Å². The fourth-order valence-electron chi connectivity index (χ4n) is 7.74. The third kappa shape index (κ3) is 5.01. The zero-order valence-corrected chi connectivity index (χ0v) is 29.8. The van der Waals surface area contributed by atoms with Crippen LogP contribution in [0.4, 0.5) is 17.1 Å². The molecule has 0 saturated heterocycles. The number of benzene rings is 8. The molecule has 5 heteroatoms. The Kier molecular flexibility index (Phi) is 7.00. The minimum absolute atomic E-state index is 0.601. The van der Waals surface area contributed by atoms with Gasteiger partial charge in [0, 0.05) is 48.1 Å². The van der Waals surface area contributed by atoms with Crippen LogP contribution in [-0.4, -0.2) is 4.98 Å². The lowest BCUT2D eigenvalue weighted by atomic mass is 10.00. The van der Waals surface area contributed by atoms with Gasteiger partial charge in [-0.3, -0.25) is 0 Å². The molecule has 0 aliphatic carbocycles. The normalized spacial score (nSPS) is 11.7. The summed E-state index contributed by atoms with van der Waals surface area (Å²) in [6.45, 7) is 0. The van der Waals surface area contributed by atoms with E-state index in [0.29, 0.717) is 5.89 Å². The van der Waals surface area contributed by atoms with Crippen LogP contribution in [0, 0.1) is 0 Å². The molecular formula is C49H30N2O2S. The van der Waals surface area contributed by atoms with Gasteiger partial charge in [0.15, 0.2) is 5.58 Å². The van der Waals surface area contributed by atoms with Gasteiger partial charge in [-0.2, -0.15) is 0 Å². The number of oxazole rings is 1. The Bertz CT molecular complexity index is 3160. The molecular weight excluding hydrogens is 681 g/mol. The Morgan fingerprint density at radius 1 is 0.444 bits per heavy atom. The molecule has 0 unspecified atom stereocenters. The van der Waals surface area contributed by atoms with Crippen molar-refractivity contribution in [3.63, 3.8) is 0 Å². The molecule has 8 aromatic carbocycles. The quantitative estimate of drug-likeness (QED) is 0.172. The van der Waals surface area contributed by atoms with E-state index in [0.717, 1.165) is 66.8 Å². The van der Waals surface area contributed by atoms with Crippen LogP contribution < -0.4 is 4.90 Å². The maximum Gasteiger partial charge on any atom is 0.227 e. The number of rotatable bonds is 6. The van der Waals surface area contributed by atoms with Crippen LogP contribution in [-0.2, 0) is 0 Å². The van der Waals surface area contributed by atoms with Gasteiger partial charge in [0.2, 0.25) is 5.89 Å². The van der Waals surface area contributed by atoms with Gasteiger partial charge in [-0.1, -0.05) is 109 Å². The molecule has 4 nitrogen and oxygen atoms in total. The van der Waals surface area contributed by atoms with Crippen LogP contribution in [0.15, 0.2) is 191 Å². The highest BCUT2D eigenvalue weighted by atomic mass is 32.1. The zero-order valence-electron chi connectivity index (χ0n) is 28.9. The lowest BCUT2D eigenvalue weighted by Gasteiger charge is -2.28. The van der Waals surface area contributed by atoms with E-state index in [1.807, 2.05) is 53.8 Å². The van der Waals surface area contributed by atoms with Crippen molar-refractivity contribution >= 4 is 81.6 Å². The van der Waals surface area contributed by atoms with Crippen LogP contribution in [0.1, 0.15) is 0 Å². The van der Waals surface area contributed by atoms with Gasteiger partial charge in [0.25, 0.3) is 0 Å². The van der Waals surface area contributed by atoms with Crippen LogP contribution in [0.25, 0.3) is 86.9 Å². The first-order chi connectivity index (χ1) is 26.7. The number of thiophene rings is 1. The summed E-state index contributed by atoms with van der Waals surface area (Å²) in [5, 5.41) is 4.53. The molecule has 0 aliphatic rings. The number of fused-ring (bicyclic) bond motifs is 8. The SMILES string of the molecule is c1ccc(-c2nc3ccc4oc5ccc(-c6ccc(N(c7ccc8c(c7)sc7ccccc78)c7ccccc7-c7ccccc7)cc6)cc5c4c3o2)cc1. The first-order valence-corrected chi connectivity index (χ1v) is 18.8. The highest BCUT2D eigenvalue weighted by Gasteiger charge is 2.20. The Balaban J connectivity index is 1.03. The Labute approximate surface area is 314 Å². The first kappa shape index (κ1) is 30.7. The van der Waals surface area contributed by atoms with Crippen molar-refractivity contribution in [2.24, 2.45) is 0 Å². The number of nitrogens with zero attached hydrogens (tertiary/aromatic N) is 2. The second-order valence-electron chi connectivity index (χ2n) is 13.5. The van der Waals surface area contributed by atoms with E-state index in [2.05, 4.69) is 144 Å². The Morgan fingerprint density at radius 2 is 1.13 bits per heavy atom. The minimum Gasteiger partial charge on any atom is -0.456 e. The number of aromatic nitrogens is 1. The van der Waals surface area contributed by atoms with Gasteiger partial charge in [-0.15, -0.1) is 11.3 Å². The lowest BCUT2D eigenvalue weighted by Crippen LogP contribution is -2.11. The van der Waals surface area contributed by atoms with Crippen molar-refractivity contribution in [2.75, 3.05) is 4.90 Å². The molecule has 254 valence electrons. The smallest absolute Gasteiger partial charge is 0.227 e. The molecule has 0 saturated carbocycles. The van der Waals surface area contributed by atoms with Crippen LogP contribution in [0.2, 0.25) is 0 Å². The number of hydrogen-bond donors (Lipinski definition) is 0. The molecule has 0 fully saturated rings. The Morgan fingerprint density at radius 3 is 1.98 bits per heavy atom. The monoisotopic (exact) mass is 710 g/mol. The van der Waals surface area contributed by atoms with Gasteiger partial charge >= 0.3 is 0 Å². The fourth-order valence-corrected chi connectivity index (χ4v) is 8.88. The molecule has 3 heterocycles. The molecule has 3 aromatic heterocycles. The van der Waals surface area contributed by atoms with Gasteiger partial charge in [0.1, 0.15) is 16.7 Å². The van der Waals surface area contributed by atoms with E-state index in [1.54, 1.807) is 0 Å². The summed E-state index contributed by atoms with van der Waals surface area (Å²) >= 11 is 1.84. The second kappa shape index (κ2) is 12.3. The lowest BCUT2D eigenvalue weighted by molar-refractivity contribution is 0.622. The van der Waals surface area contributed by atoms with E-state index < -0.39 is 0 Å². The highest BCUT2D eigenvalue weighted by Crippen LogP contribution is 2.44. The summed E-state index contributed by atoms with van der Waals surface area (Å²) in [6.07, 6.45) is 0. The van der Waals surface area contributed by atoms with Crippen molar-refractivity contribution in [2.45, 2.75) is 0 Å². The molecule has 0 bridgehead atoms. The van der Waals surface area contributed by atoms with Crippen LogP contribution in [0.3, 0.4) is 0 Å². The first-order valence-electron chi connectivity index (χ1n) is 18.0. The number of hydrogen-bond acceptors (Lipinski definition) is 5. The molecule has 11 aromatic rings. The van der Waals surface area contributed by atoms with Gasteiger partial charge in [0.05, 0.1) is 11.1 Å². The highest BCUT2D eigenvalue weighted by molar-refractivity contribution is 7.25. The molecule has 0 radical (unpaired) electrons. The second-order valence-corrected chi connectivity index (χ2v) is 14.6. The zero-order chi connectivity index (χ0) is 35.6. The molecule has 0 N–H and O–H groups in total. The number of furan rings is 1. The van der Waals surface area contributed by atoms with E-state index in [4.69, 9.17) is 13.8 Å². The Hall–Kier alpha value is -6.95. The summed E-state index contributed by atoms with van der Waals surface area (Å²) < 4.78 is 15.3. The van der Waals surface area contributed by atoms with Crippen molar-refractivity contribution < 1.29 is 8.83 Å². The molecule has 11 rings (SSSR count). The molecule has 0 amide bonds. The van der Waals surface area contributed by atoms with Crippen molar-refractivity contribution in [3.8, 4) is 33.7 Å². The van der Waals surface area contributed by atoms with E-state index in [-0.39, 0.29) is 0 Å². The number of anilines is 3. The van der Waals surface area contributed by atoms with Crippen molar-refractivity contribution in [3.05, 3.63) is 182 Å². The van der Waals surface area contributed by atoms with E-state index >= 15 is 0 Å². The third-order valence-electron chi connectivity index (χ3n) is 10.3. The minimum atomic E-state index is 0.601.